The largest absolute Gasteiger partial charge is 0.479 e. The fourth-order valence-electron chi connectivity index (χ4n) is 1.27. The molecule has 1 amide bonds. The first kappa shape index (κ1) is 14.5. The van der Waals surface area contributed by atoms with E-state index in [0.29, 0.717) is 18.1 Å². The second-order valence-electron chi connectivity index (χ2n) is 3.50. The monoisotopic (exact) mass is 261 g/mol. The van der Waals surface area contributed by atoms with Gasteiger partial charge in [-0.15, -0.1) is 0 Å². The molecular weight excluding hydrogens is 246 g/mol. The zero-order valence-corrected chi connectivity index (χ0v) is 10.8. The van der Waals surface area contributed by atoms with Crippen LogP contribution in [0.4, 0.5) is 4.79 Å². The summed E-state index contributed by atoms with van der Waals surface area (Å²) >= 11 is 0. The molecule has 0 aromatic heterocycles. The lowest BCUT2D eigenvalue weighted by Crippen LogP contribution is -2.20. The molecule has 1 aromatic carbocycles. The number of hydrogen-bond donors (Lipinski definition) is 1. The van der Waals surface area contributed by atoms with E-state index < -0.39 is 6.09 Å². The molecule has 0 aliphatic heterocycles. The van der Waals surface area contributed by atoms with Crippen LogP contribution in [0, 0.1) is 11.3 Å². The lowest BCUT2D eigenvalue weighted by atomic mass is 10.1. The molecule has 0 unspecified atom stereocenters. The van der Waals surface area contributed by atoms with Crippen LogP contribution in [0.2, 0.25) is 0 Å². The Morgan fingerprint density at radius 2 is 2.11 bits per heavy atom. The first-order chi connectivity index (χ1) is 9.17. The Hall–Kier alpha value is -2.55. The molecule has 1 rings (SSSR count). The normalized spacial score (nSPS) is 10.5. The highest BCUT2D eigenvalue weighted by Crippen LogP contribution is 2.12. The van der Waals surface area contributed by atoms with E-state index in [1.807, 2.05) is 6.07 Å². The molecule has 0 aliphatic carbocycles. The summed E-state index contributed by atoms with van der Waals surface area (Å²) in [7, 11) is 0. The van der Waals surface area contributed by atoms with E-state index in [2.05, 4.69) is 15.3 Å². The Kier molecular flexibility index (Phi) is 5.89. The molecular formula is C13H15N3O3. The molecule has 1 aromatic rings. The summed E-state index contributed by atoms with van der Waals surface area (Å²) in [6.07, 6.45) is -0.587. The van der Waals surface area contributed by atoms with Crippen molar-refractivity contribution in [2.24, 2.45) is 5.10 Å². The zero-order valence-electron chi connectivity index (χ0n) is 10.8. The highest BCUT2D eigenvalue weighted by Gasteiger charge is 2.01. The van der Waals surface area contributed by atoms with Gasteiger partial charge in [0, 0.05) is 0 Å². The van der Waals surface area contributed by atoms with E-state index >= 15 is 0 Å². The van der Waals surface area contributed by atoms with Gasteiger partial charge in [-0.05, 0) is 43.7 Å². The molecule has 0 aliphatic rings. The van der Waals surface area contributed by atoms with Gasteiger partial charge in [0.25, 0.3) is 0 Å². The number of rotatable bonds is 5. The average molecular weight is 261 g/mol. The second kappa shape index (κ2) is 7.71. The Morgan fingerprint density at radius 3 is 2.68 bits per heavy atom. The highest BCUT2D eigenvalue weighted by molar-refractivity contribution is 5.99. The summed E-state index contributed by atoms with van der Waals surface area (Å²) in [6, 6.07) is 8.94. The van der Waals surface area contributed by atoms with Crippen molar-refractivity contribution in [3.05, 3.63) is 29.8 Å². The Bertz CT molecular complexity index is 489. The third kappa shape index (κ3) is 5.08. The van der Waals surface area contributed by atoms with Gasteiger partial charge in [-0.25, -0.2) is 10.2 Å². The van der Waals surface area contributed by atoms with E-state index in [1.54, 1.807) is 38.1 Å². The number of nitrogens with one attached hydrogen (secondary N) is 1. The van der Waals surface area contributed by atoms with Crippen molar-refractivity contribution in [2.75, 3.05) is 13.2 Å². The molecule has 0 saturated heterocycles. The number of amides is 1. The summed E-state index contributed by atoms with van der Waals surface area (Å²) in [5.41, 5.74) is 3.76. The van der Waals surface area contributed by atoms with Crippen molar-refractivity contribution in [3.63, 3.8) is 0 Å². The molecule has 0 fully saturated rings. The first-order valence-corrected chi connectivity index (χ1v) is 5.74. The van der Waals surface area contributed by atoms with Crippen LogP contribution >= 0.6 is 0 Å². The summed E-state index contributed by atoms with van der Waals surface area (Å²) < 4.78 is 9.81. The standard InChI is InChI=1S/C13H15N3O3/c1-3-18-13(17)16-15-10(2)11-4-6-12(7-5-11)19-9-8-14/h4-7H,3,9H2,1-2H3,(H,16,17)/b15-10-. The van der Waals surface area contributed by atoms with Crippen molar-refractivity contribution in [1.29, 1.82) is 5.26 Å². The SMILES string of the molecule is CCOC(=O)N/N=C(/C)c1ccc(OCC#N)cc1. The summed E-state index contributed by atoms with van der Waals surface area (Å²) in [6.45, 7) is 3.79. The minimum absolute atomic E-state index is 0.0107. The topological polar surface area (TPSA) is 83.7 Å². The number of nitrogens with zero attached hydrogens (tertiary/aromatic N) is 2. The molecule has 100 valence electrons. The summed E-state index contributed by atoms with van der Waals surface area (Å²) in [4.78, 5) is 11.1. The van der Waals surface area contributed by atoms with Crippen LogP contribution in [0.25, 0.3) is 0 Å². The second-order valence-corrected chi connectivity index (χ2v) is 3.50. The van der Waals surface area contributed by atoms with Gasteiger partial charge in [0.1, 0.15) is 11.8 Å². The number of nitriles is 1. The van der Waals surface area contributed by atoms with Crippen LogP contribution in [0.5, 0.6) is 5.75 Å². The number of hydrazone groups is 1. The maximum Gasteiger partial charge on any atom is 0.427 e. The molecule has 0 heterocycles. The van der Waals surface area contributed by atoms with Crippen molar-refractivity contribution in [1.82, 2.24) is 5.43 Å². The molecule has 6 nitrogen and oxygen atoms in total. The summed E-state index contributed by atoms with van der Waals surface area (Å²) in [5, 5.41) is 12.3. The van der Waals surface area contributed by atoms with Gasteiger partial charge in [-0.2, -0.15) is 10.4 Å². The smallest absolute Gasteiger partial charge is 0.427 e. The van der Waals surface area contributed by atoms with Crippen LogP contribution < -0.4 is 10.2 Å². The van der Waals surface area contributed by atoms with Gasteiger partial charge in [-0.3, -0.25) is 0 Å². The maximum atomic E-state index is 11.1. The minimum Gasteiger partial charge on any atom is -0.479 e. The van der Waals surface area contributed by atoms with Gasteiger partial charge in [0.2, 0.25) is 0 Å². The van der Waals surface area contributed by atoms with Gasteiger partial charge in [0.15, 0.2) is 6.61 Å². The lowest BCUT2D eigenvalue weighted by Gasteiger charge is -2.05. The van der Waals surface area contributed by atoms with Crippen molar-refractivity contribution < 1.29 is 14.3 Å². The van der Waals surface area contributed by atoms with Crippen LogP contribution in [0.15, 0.2) is 29.4 Å². The molecule has 0 radical (unpaired) electrons. The molecule has 19 heavy (non-hydrogen) atoms. The van der Waals surface area contributed by atoms with E-state index in [9.17, 15) is 4.79 Å². The van der Waals surface area contributed by atoms with E-state index in [4.69, 9.17) is 10.00 Å². The van der Waals surface area contributed by atoms with E-state index in [-0.39, 0.29) is 6.61 Å². The number of carbonyl (C=O) groups excluding carboxylic acids is 1. The van der Waals surface area contributed by atoms with Gasteiger partial charge >= 0.3 is 6.09 Å². The zero-order chi connectivity index (χ0) is 14.1. The third-order valence-electron chi connectivity index (χ3n) is 2.17. The molecule has 0 spiro atoms. The van der Waals surface area contributed by atoms with Gasteiger partial charge in [0.05, 0.1) is 12.3 Å². The number of benzene rings is 1. The third-order valence-corrected chi connectivity index (χ3v) is 2.17. The fraction of sp³-hybridized carbons (Fsp3) is 0.308. The highest BCUT2D eigenvalue weighted by atomic mass is 16.5. The molecule has 6 heteroatoms. The van der Waals surface area contributed by atoms with Crippen LogP contribution in [0.3, 0.4) is 0 Å². The number of ether oxygens (including phenoxy) is 2. The van der Waals surface area contributed by atoms with E-state index in [0.717, 1.165) is 5.56 Å². The Morgan fingerprint density at radius 1 is 1.42 bits per heavy atom. The predicted octanol–water partition coefficient (Wildman–Crippen LogP) is 2.06. The maximum absolute atomic E-state index is 11.1. The van der Waals surface area contributed by atoms with Crippen LogP contribution in [0.1, 0.15) is 19.4 Å². The summed E-state index contributed by atoms with van der Waals surface area (Å²) in [5.74, 6) is 0.608. The van der Waals surface area contributed by atoms with Gasteiger partial charge in [-0.1, -0.05) is 0 Å². The van der Waals surface area contributed by atoms with Crippen molar-refractivity contribution >= 4 is 11.8 Å². The molecule has 0 atom stereocenters. The Labute approximate surface area is 111 Å². The van der Waals surface area contributed by atoms with Crippen molar-refractivity contribution in [3.8, 4) is 11.8 Å². The van der Waals surface area contributed by atoms with Gasteiger partial charge < -0.3 is 9.47 Å². The van der Waals surface area contributed by atoms with Crippen molar-refractivity contribution in [2.45, 2.75) is 13.8 Å². The Balaban J connectivity index is 2.62. The minimum atomic E-state index is -0.587. The van der Waals surface area contributed by atoms with E-state index in [1.165, 1.54) is 0 Å². The quantitative estimate of drug-likeness (QED) is 0.649. The fourth-order valence-corrected chi connectivity index (χ4v) is 1.27. The molecule has 1 N–H and O–H groups in total. The molecule has 0 saturated carbocycles. The number of carbonyl (C=O) groups is 1. The van der Waals surface area contributed by atoms with Crippen LogP contribution in [-0.2, 0) is 4.74 Å². The predicted molar refractivity (Wildman–Crippen MR) is 69.9 cm³/mol. The van der Waals surface area contributed by atoms with Crippen LogP contribution in [-0.4, -0.2) is 25.0 Å². The number of hydrogen-bond acceptors (Lipinski definition) is 5. The molecule has 0 bridgehead atoms. The lowest BCUT2D eigenvalue weighted by molar-refractivity contribution is 0.152. The average Bonchev–Trinajstić information content (AvgIpc) is 2.43. The first-order valence-electron chi connectivity index (χ1n) is 5.74.